The SMILES string of the molecule is COCCN(C)c1ccc(Nc2cc(-c3ccnc(-n4ccn5c6c(cc5c4=O)CC(C)(C)C6)c3CO)cn(C)c2=O)nc1. The topological polar surface area (TPSA) is 119 Å². The van der Waals surface area contributed by atoms with Gasteiger partial charge in [0, 0.05) is 69.4 Å². The first kappa shape index (κ1) is 29.3. The molecule has 0 aromatic carbocycles. The third kappa shape index (κ3) is 5.29. The predicted octanol–water partition coefficient (Wildman–Crippen LogP) is 3.69. The Balaban J connectivity index is 1.36. The van der Waals surface area contributed by atoms with Crippen molar-refractivity contribution >= 4 is 22.7 Å². The number of aliphatic hydroxyl groups excluding tert-OH is 1. The first-order chi connectivity index (χ1) is 21.1. The fraction of sp³-hybridized carbons (Fsp3) is 0.333. The van der Waals surface area contributed by atoms with E-state index in [9.17, 15) is 14.7 Å². The van der Waals surface area contributed by atoms with Crippen molar-refractivity contribution in [1.29, 1.82) is 0 Å². The lowest BCUT2D eigenvalue weighted by Crippen LogP contribution is -2.23. The van der Waals surface area contributed by atoms with Gasteiger partial charge in [-0.1, -0.05) is 13.8 Å². The second-order valence-corrected chi connectivity index (χ2v) is 12.2. The van der Waals surface area contributed by atoms with E-state index in [0.29, 0.717) is 46.1 Å². The summed E-state index contributed by atoms with van der Waals surface area (Å²) in [6.45, 7) is 5.44. The number of aryl methyl sites for hydroxylation is 1. The Hall–Kier alpha value is -4.74. The van der Waals surface area contributed by atoms with Gasteiger partial charge in [-0.15, -0.1) is 0 Å². The van der Waals surface area contributed by atoms with E-state index in [1.807, 2.05) is 40.7 Å². The highest BCUT2D eigenvalue weighted by molar-refractivity contribution is 5.73. The summed E-state index contributed by atoms with van der Waals surface area (Å²) in [6, 6.07) is 9.22. The molecule has 44 heavy (non-hydrogen) atoms. The first-order valence-electron chi connectivity index (χ1n) is 14.6. The van der Waals surface area contributed by atoms with Crippen molar-refractivity contribution in [3.8, 4) is 16.9 Å². The fourth-order valence-electron chi connectivity index (χ4n) is 6.07. The Kier molecular flexibility index (Phi) is 7.60. The van der Waals surface area contributed by atoms with Gasteiger partial charge in [0.25, 0.3) is 11.1 Å². The Labute approximate surface area is 255 Å². The molecule has 0 radical (unpaired) electrons. The van der Waals surface area contributed by atoms with Crippen LogP contribution in [0.3, 0.4) is 0 Å². The molecule has 0 saturated heterocycles. The van der Waals surface area contributed by atoms with Gasteiger partial charge in [0.1, 0.15) is 22.8 Å². The molecule has 0 amide bonds. The molecule has 0 saturated carbocycles. The smallest absolute Gasteiger partial charge is 0.280 e. The zero-order chi connectivity index (χ0) is 31.2. The summed E-state index contributed by atoms with van der Waals surface area (Å²) in [5, 5.41) is 13.7. The molecular weight excluding hydrogens is 558 g/mol. The number of hydrogen-bond donors (Lipinski definition) is 2. The first-order valence-corrected chi connectivity index (χ1v) is 14.6. The Bertz CT molecular complexity index is 1970. The average Bonchev–Trinajstić information content (AvgIpc) is 3.50. The van der Waals surface area contributed by atoms with Gasteiger partial charge in [0.15, 0.2) is 0 Å². The summed E-state index contributed by atoms with van der Waals surface area (Å²) in [6.07, 6.45) is 10.5. The number of methoxy groups -OCH3 is 1. The largest absolute Gasteiger partial charge is 0.392 e. The molecule has 1 aliphatic carbocycles. The van der Waals surface area contributed by atoms with Gasteiger partial charge in [-0.2, -0.15) is 0 Å². The minimum absolute atomic E-state index is 0.171. The number of ether oxygens (including phenoxy) is 1. The number of hydrogen-bond acceptors (Lipinski definition) is 8. The average molecular weight is 596 g/mol. The Morgan fingerprint density at radius 3 is 2.64 bits per heavy atom. The van der Waals surface area contributed by atoms with Gasteiger partial charge >= 0.3 is 0 Å². The predicted molar refractivity (Wildman–Crippen MR) is 171 cm³/mol. The molecule has 0 atom stereocenters. The minimum Gasteiger partial charge on any atom is -0.392 e. The maximum atomic E-state index is 13.7. The molecule has 2 N–H and O–H groups in total. The standard InChI is InChI=1S/C33H37N7O4/c1-33(2)16-21-15-27-32(43)40(11-10-39(27)28(21)17-33)30-25(20-41)24(8-9-34-30)22-14-26(31(42)38(4)19-22)36-29-7-6-23(18-35-29)37(3)12-13-44-5/h6-11,14-15,18-19,41H,12-13,16-17,20H2,1-5H3,(H,35,36). The summed E-state index contributed by atoms with van der Waals surface area (Å²) < 4.78 is 10.1. The second kappa shape index (κ2) is 11.4. The van der Waals surface area contributed by atoms with Crippen molar-refractivity contribution in [2.24, 2.45) is 12.5 Å². The third-order valence-corrected chi connectivity index (χ3v) is 8.35. The lowest BCUT2D eigenvalue weighted by Gasteiger charge is -2.19. The molecule has 228 valence electrons. The zero-order valence-corrected chi connectivity index (χ0v) is 25.7. The number of pyridine rings is 3. The van der Waals surface area contributed by atoms with Crippen LogP contribution in [0.15, 0.2) is 70.9 Å². The van der Waals surface area contributed by atoms with Crippen LogP contribution in [0.4, 0.5) is 17.2 Å². The number of aliphatic hydroxyl groups is 1. The van der Waals surface area contributed by atoms with Crippen molar-refractivity contribution in [3.63, 3.8) is 0 Å². The van der Waals surface area contributed by atoms with Crippen molar-refractivity contribution in [2.45, 2.75) is 33.3 Å². The number of anilines is 3. The van der Waals surface area contributed by atoms with Crippen LogP contribution in [0.1, 0.15) is 30.7 Å². The summed E-state index contributed by atoms with van der Waals surface area (Å²) in [4.78, 5) is 37.9. The summed E-state index contributed by atoms with van der Waals surface area (Å²) in [5.41, 5.74) is 5.75. The summed E-state index contributed by atoms with van der Waals surface area (Å²) in [7, 11) is 5.30. The van der Waals surface area contributed by atoms with E-state index in [2.05, 4.69) is 29.1 Å². The maximum absolute atomic E-state index is 13.7. The highest BCUT2D eigenvalue weighted by Crippen LogP contribution is 2.37. The normalized spacial score (nSPS) is 13.8. The van der Waals surface area contributed by atoms with E-state index >= 15 is 0 Å². The second-order valence-electron chi connectivity index (χ2n) is 12.2. The molecule has 5 aromatic heterocycles. The minimum atomic E-state index is -0.354. The molecular formula is C33H37N7O4. The van der Waals surface area contributed by atoms with Gasteiger partial charge in [0.05, 0.1) is 25.1 Å². The van der Waals surface area contributed by atoms with Crippen LogP contribution in [-0.4, -0.2) is 55.9 Å². The van der Waals surface area contributed by atoms with Gasteiger partial charge in [0.2, 0.25) is 0 Å². The summed E-state index contributed by atoms with van der Waals surface area (Å²) >= 11 is 0. The molecule has 11 heteroatoms. The van der Waals surface area contributed by atoms with E-state index < -0.39 is 0 Å². The molecule has 5 heterocycles. The number of nitrogens with one attached hydrogen (secondary N) is 1. The Morgan fingerprint density at radius 1 is 1.09 bits per heavy atom. The van der Waals surface area contributed by atoms with E-state index in [0.717, 1.165) is 25.1 Å². The molecule has 0 fully saturated rings. The van der Waals surface area contributed by atoms with E-state index in [1.54, 1.807) is 51.1 Å². The van der Waals surface area contributed by atoms with Crippen LogP contribution in [0, 0.1) is 5.41 Å². The van der Waals surface area contributed by atoms with Crippen LogP contribution in [0.25, 0.3) is 22.5 Å². The van der Waals surface area contributed by atoms with E-state index in [1.165, 1.54) is 20.4 Å². The number of fused-ring (bicyclic) bond motifs is 3. The van der Waals surface area contributed by atoms with Crippen molar-refractivity contribution < 1.29 is 9.84 Å². The lowest BCUT2D eigenvalue weighted by atomic mass is 9.90. The monoisotopic (exact) mass is 595 g/mol. The van der Waals surface area contributed by atoms with Crippen LogP contribution >= 0.6 is 0 Å². The van der Waals surface area contributed by atoms with Crippen LogP contribution in [0.2, 0.25) is 0 Å². The fourth-order valence-corrected chi connectivity index (χ4v) is 6.07. The van der Waals surface area contributed by atoms with Gasteiger partial charge in [-0.05, 0) is 59.7 Å². The highest BCUT2D eigenvalue weighted by Gasteiger charge is 2.31. The number of likely N-dealkylation sites (N-methyl/N-ethyl adjacent to an activating group) is 1. The highest BCUT2D eigenvalue weighted by atomic mass is 16.5. The Morgan fingerprint density at radius 2 is 1.91 bits per heavy atom. The van der Waals surface area contributed by atoms with Crippen molar-refractivity contribution in [2.75, 3.05) is 37.5 Å². The van der Waals surface area contributed by atoms with Crippen LogP contribution in [0.5, 0.6) is 0 Å². The van der Waals surface area contributed by atoms with Crippen LogP contribution < -0.4 is 21.3 Å². The van der Waals surface area contributed by atoms with Gasteiger partial charge < -0.3 is 29.0 Å². The molecule has 0 unspecified atom stereocenters. The quantitative estimate of drug-likeness (QED) is 0.265. The molecule has 0 bridgehead atoms. The van der Waals surface area contributed by atoms with E-state index in [4.69, 9.17) is 4.74 Å². The van der Waals surface area contributed by atoms with Crippen LogP contribution in [-0.2, 0) is 31.2 Å². The number of nitrogens with zero attached hydrogens (tertiary/aromatic N) is 6. The zero-order valence-electron chi connectivity index (χ0n) is 25.7. The molecule has 11 nitrogen and oxygen atoms in total. The summed E-state index contributed by atoms with van der Waals surface area (Å²) in [5.74, 6) is 0.862. The molecule has 0 aliphatic heterocycles. The maximum Gasteiger partial charge on any atom is 0.280 e. The lowest BCUT2D eigenvalue weighted by molar-refractivity contribution is 0.206. The van der Waals surface area contributed by atoms with Crippen molar-refractivity contribution in [3.05, 3.63) is 98.8 Å². The number of rotatable bonds is 9. The molecule has 0 spiro atoms. The molecule has 5 aromatic rings. The van der Waals surface area contributed by atoms with Gasteiger partial charge in [-0.25, -0.2) is 9.97 Å². The third-order valence-electron chi connectivity index (χ3n) is 8.35. The molecule has 6 rings (SSSR count). The van der Waals surface area contributed by atoms with Crippen molar-refractivity contribution in [1.82, 2.24) is 23.5 Å². The van der Waals surface area contributed by atoms with Gasteiger partial charge in [-0.3, -0.25) is 14.2 Å². The van der Waals surface area contributed by atoms with E-state index in [-0.39, 0.29) is 23.1 Å². The number of aromatic nitrogens is 5. The molecule has 1 aliphatic rings.